The molecule has 7 nitrogen and oxygen atoms in total. The number of nitrogens with one attached hydrogen (secondary N) is 1. The van der Waals surface area contributed by atoms with Crippen LogP contribution < -0.4 is 5.48 Å². The first-order valence-corrected chi connectivity index (χ1v) is 10.2. The van der Waals surface area contributed by atoms with Crippen molar-refractivity contribution < 1.29 is 19.8 Å². The van der Waals surface area contributed by atoms with Gasteiger partial charge in [0.25, 0.3) is 0 Å². The Morgan fingerprint density at radius 1 is 1.17 bits per heavy atom. The average Bonchev–Trinajstić information content (AvgIpc) is 3.16. The van der Waals surface area contributed by atoms with E-state index in [2.05, 4.69) is 17.5 Å². The van der Waals surface area contributed by atoms with Crippen molar-refractivity contribution in [2.75, 3.05) is 20.3 Å². The molecule has 0 saturated carbocycles. The van der Waals surface area contributed by atoms with E-state index in [1.807, 2.05) is 50.4 Å². The lowest BCUT2D eigenvalue weighted by molar-refractivity contribution is -0.0965. The summed E-state index contributed by atoms with van der Waals surface area (Å²) >= 11 is 0. The first-order valence-electron chi connectivity index (χ1n) is 10.2. The number of benzene rings is 1. The summed E-state index contributed by atoms with van der Waals surface area (Å²) in [5, 5.41) is 23.8. The number of aromatic nitrogens is 2. The third kappa shape index (κ3) is 4.88. The highest BCUT2D eigenvalue weighted by molar-refractivity contribution is 5.72. The molecule has 3 aromatic rings. The monoisotopic (exact) mass is 413 g/mol. The largest absolute Gasteiger partial charge is 0.371 e. The van der Waals surface area contributed by atoms with E-state index in [1.54, 1.807) is 17.7 Å². The van der Waals surface area contributed by atoms with E-state index >= 15 is 0 Å². The second-order valence-corrected chi connectivity index (χ2v) is 7.72. The number of hydrogen-bond acceptors (Lipinski definition) is 6. The molecule has 1 aromatic carbocycles. The molecule has 3 N–H and O–H groups in total. The van der Waals surface area contributed by atoms with Crippen molar-refractivity contribution in [1.82, 2.24) is 15.1 Å². The highest BCUT2D eigenvalue weighted by Gasteiger charge is 2.27. The van der Waals surface area contributed by atoms with Gasteiger partial charge in [0.05, 0.1) is 11.2 Å². The second kappa shape index (κ2) is 9.68. The number of unbranched alkanes of at least 4 members (excludes halogenated alkanes) is 1. The van der Waals surface area contributed by atoms with E-state index in [9.17, 15) is 10.2 Å². The zero-order valence-corrected chi connectivity index (χ0v) is 18.1. The van der Waals surface area contributed by atoms with Crippen LogP contribution in [0.25, 0.3) is 16.6 Å². The minimum Gasteiger partial charge on any atom is -0.371 e. The van der Waals surface area contributed by atoms with Crippen LogP contribution in [0.15, 0.2) is 42.6 Å². The van der Waals surface area contributed by atoms with E-state index in [0.29, 0.717) is 23.4 Å². The predicted octanol–water partition coefficient (Wildman–Crippen LogP) is 3.48. The molecule has 0 fully saturated rings. The Morgan fingerprint density at radius 3 is 2.53 bits per heavy atom. The van der Waals surface area contributed by atoms with Gasteiger partial charge in [-0.15, -0.1) is 0 Å². The van der Waals surface area contributed by atoms with Crippen molar-refractivity contribution >= 4 is 5.52 Å². The van der Waals surface area contributed by atoms with Gasteiger partial charge in [0.2, 0.25) is 0 Å². The van der Waals surface area contributed by atoms with Crippen LogP contribution in [0.2, 0.25) is 0 Å². The van der Waals surface area contributed by atoms with Gasteiger partial charge >= 0.3 is 0 Å². The molecule has 2 aromatic heterocycles. The number of aliphatic hydroxyl groups excluding tert-OH is 1. The van der Waals surface area contributed by atoms with Crippen molar-refractivity contribution in [2.45, 2.75) is 45.5 Å². The minimum atomic E-state index is -1.55. The zero-order chi connectivity index (χ0) is 21.7. The summed E-state index contributed by atoms with van der Waals surface area (Å²) in [7, 11) is 1.68. The molecule has 3 rings (SSSR count). The summed E-state index contributed by atoms with van der Waals surface area (Å²) in [6.45, 7) is 7.17. The van der Waals surface area contributed by atoms with Gasteiger partial charge in [-0.1, -0.05) is 37.6 Å². The quantitative estimate of drug-likeness (QED) is 0.268. The van der Waals surface area contributed by atoms with Gasteiger partial charge in [0, 0.05) is 31.0 Å². The maximum atomic E-state index is 9.68. The number of aryl methyl sites for hydroxylation is 1. The molecule has 0 bridgehead atoms. The summed E-state index contributed by atoms with van der Waals surface area (Å²) in [4.78, 5) is 5.61. The van der Waals surface area contributed by atoms with Gasteiger partial charge in [-0.05, 0) is 43.5 Å². The van der Waals surface area contributed by atoms with E-state index in [1.165, 1.54) is 0 Å². The Kier molecular flexibility index (Phi) is 7.23. The van der Waals surface area contributed by atoms with E-state index in [-0.39, 0.29) is 0 Å². The van der Waals surface area contributed by atoms with Crippen LogP contribution in [-0.4, -0.2) is 40.1 Å². The lowest BCUT2D eigenvalue weighted by atomic mass is 9.94. The molecule has 1 atom stereocenters. The molecular formula is C23H31N3O4. The van der Waals surface area contributed by atoms with Gasteiger partial charge < -0.3 is 14.9 Å². The Bertz CT molecular complexity index is 968. The molecule has 0 spiro atoms. The van der Waals surface area contributed by atoms with E-state index in [0.717, 1.165) is 36.1 Å². The van der Waals surface area contributed by atoms with Crippen molar-refractivity contribution in [3.05, 3.63) is 59.4 Å². The average molecular weight is 414 g/mol. The third-order valence-corrected chi connectivity index (χ3v) is 5.37. The maximum Gasteiger partial charge on any atom is 0.180 e. The highest BCUT2D eigenvalue weighted by Crippen LogP contribution is 2.30. The molecule has 0 saturated heterocycles. The first-order chi connectivity index (χ1) is 14.4. The molecule has 162 valence electrons. The second-order valence-electron chi connectivity index (χ2n) is 7.72. The summed E-state index contributed by atoms with van der Waals surface area (Å²) < 4.78 is 7.43. The number of hydrogen-bond donors (Lipinski definition) is 3. The fraction of sp³-hybridized carbons (Fsp3) is 0.435. The predicted molar refractivity (Wildman–Crippen MR) is 116 cm³/mol. The van der Waals surface area contributed by atoms with Gasteiger partial charge in [0.1, 0.15) is 12.2 Å². The van der Waals surface area contributed by atoms with Crippen LogP contribution in [0.4, 0.5) is 0 Å². The van der Waals surface area contributed by atoms with Crippen LogP contribution in [0.3, 0.4) is 0 Å². The van der Waals surface area contributed by atoms with Crippen molar-refractivity contribution in [3.8, 4) is 11.1 Å². The summed E-state index contributed by atoms with van der Waals surface area (Å²) in [5.41, 5.74) is 7.19. The Morgan fingerprint density at radius 2 is 1.90 bits per heavy atom. The SMILES string of the molecule is CCCCNOCC(C)(OC)c1ccc(-c2cc3c(C(O)O)cc(C)nn3c2)cc1. The number of fused-ring (bicyclic) bond motifs is 1. The topological polar surface area (TPSA) is 88.2 Å². The molecule has 2 heterocycles. The van der Waals surface area contributed by atoms with Gasteiger partial charge in [-0.2, -0.15) is 5.10 Å². The van der Waals surface area contributed by atoms with E-state index < -0.39 is 11.9 Å². The highest BCUT2D eigenvalue weighted by atomic mass is 16.7. The lowest BCUT2D eigenvalue weighted by Crippen LogP contribution is -2.33. The van der Waals surface area contributed by atoms with Gasteiger partial charge in [0.15, 0.2) is 6.29 Å². The first kappa shape index (κ1) is 22.4. The molecule has 0 amide bonds. The Labute approximate surface area is 177 Å². The van der Waals surface area contributed by atoms with E-state index in [4.69, 9.17) is 9.57 Å². The van der Waals surface area contributed by atoms with Gasteiger partial charge in [-0.3, -0.25) is 4.84 Å². The molecule has 7 heteroatoms. The van der Waals surface area contributed by atoms with Crippen molar-refractivity contribution in [2.24, 2.45) is 0 Å². The van der Waals surface area contributed by atoms with Crippen molar-refractivity contribution in [3.63, 3.8) is 0 Å². The summed E-state index contributed by atoms with van der Waals surface area (Å²) in [6, 6.07) is 11.7. The van der Waals surface area contributed by atoms with Crippen LogP contribution in [0, 0.1) is 6.92 Å². The maximum absolute atomic E-state index is 9.68. The Hall–Kier alpha value is -2.29. The molecule has 0 aliphatic heterocycles. The molecular weight excluding hydrogens is 382 g/mol. The fourth-order valence-corrected chi connectivity index (χ4v) is 3.40. The molecule has 1 unspecified atom stereocenters. The van der Waals surface area contributed by atoms with Crippen LogP contribution in [0.1, 0.15) is 49.8 Å². The van der Waals surface area contributed by atoms with Crippen LogP contribution >= 0.6 is 0 Å². The van der Waals surface area contributed by atoms with Crippen LogP contribution in [0.5, 0.6) is 0 Å². The number of methoxy groups -OCH3 is 1. The summed E-state index contributed by atoms with van der Waals surface area (Å²) in [6.07, 6.45) is 2.52. The fourth-order valence-electron chi connectivity index (χ4n) is 3.40. The zero-order valence-electron chi connectivity index (χ0n) is 18.1. The van der Waals surface area contributed by atoms with Crippen molar-refractivity contribution in [1.29, 1.82) is 0 Å². The normalized spacial score (nSPS) is 13.8. The summed E-state index contributed by atoms with van der Waals surface area (Å²) in [5.74, 6) is 0. The number of hydroxylamine groups is 1. The third-order valence-electron chi connectivity index (χ3n) is 5.37. The van der Waals surface area contributed by atoms with Crippen LogP contribution in [-0.2, 0) is 15.2 Å². The standard InChI is InChI=1S/C23H31N3O4/c1-5-6-11-24-30-15-23(3,29-4)19-9-7-17(8-10-19)18-13-21-20(22(27)28)12-16(2)25-26(21)14-18/h7-10,12-14,22,24,27-28H,5-6,11,15H2,1-4H3. The molecule has 0 aliphatic rings. The Balaban J connectivity index is 1.81. The minimum absolute atomic E-state index is 0.392. The number of nitrogens with zero attached hydrogens (tertiary/aromatic N) is 2. The lowest BCUT2D eigenvalue weighted by Gasteiger charge is -2.28. The molecule has 0 aliphatic carbocycles. The van der Waals surface area contributed by atoms with Gasteiger partial charge in [-0.25, -0.2) is 10.00 Å². The number of aliphatic hydroxyl groups is 2. The molecule has 0 radical (unpaired) electrons. The number of ether oxygens (including phenoxy) is 1. The smallest absolute Gasteiger partial charge is 0.180 e. The number of rotatable bonds is 10. The molecule has 30 heavy (non-hydrogen) atoms.